The van der Waals surface area contributed by atoms with E-state index in [1.54, 1.807) is 42.7 Å². The van der Waals surface area contributed by atoms with Gasteiger partial charge >= 0.3 is 0 Å². The van der Waals surface area contributed by atoms with Gasteiger partial charge in [0.15, 0.2) is 23.0 Å². The third-order valence-electron chi connectivity index (χ3n) is 5.71. The second-order valence-electron chi connectivity index (χ2n) is 7.30. The lowest BCUT2D eigenvalue weighted by Gasteiger charge is -2.29. The van der Waals surface area contributed by atoms with Crippen molar-refractivity contribution in [1.29, 1.82) is 0 Å². The number of methoxy groups -OCH3 is 6. The van der Waals surface area contributed by atoms with E-state index in [-0.39, 0.29) is 5.92 Å². The molecule has 0 spiro atoms. The van der Waals surface area contributed by atoms with Crippen molar-refractivity contribution >= 4 is 0 Å². The molecule has 1 aliphatic carbocycles. The van der Waals surface area contributed by atoms with Crippen LogP contribution in [0.4, 0.5) is 0 Å². The van der Waals surface area contributed by atoms with Gasteiger partial charge in [0.05, 0.1) is 42.7 Å². The molecule has 0 saturated heterocycles. The van der Waals surface area contributed by atoms with Gasteiger partial charge in [-0.05, 0) is 42.0 Å². The molecule has 1 unspecified atom stereocenters. The number of rotatable bonds is 6. The smallest absolute Gasteiger partial charge is 0.203 e. The highest BCUT2D eigenvalue weighted by Crippen LogP contribution is 2.55. The van der Waals surface area contributed by atoms with Crippen LogP contribution in [0, 0.1) is 5.92 Å². The van der Waals surface area contributed by atoms with Gasteiger partial charge < -0.3 is 28.4 Å². The number of fused-ring (bicyclic) bond motifs is 3. The molecule has 3 rings (SSSR count). The Bertz CT molecular complexity index is 963. The summed E-state index contributed by atoms with van der Waals surface area (Å²) in [7, 11) is 9.70. The molecule has 0 radical (unpaired) electrons. The van der Waals surface area contributed by atoms with E-state index in [2.05, 4.69) is 13.5 Å². The Morgan fingerprint density at radius 3 is 1.53 bits per heavy atom. The number of benzene rings is 2. The first-order chi connectivity index (χ1) is 14.4. The second-order valence-corrected chi connectivity index (χ2v) is 7.30. The van der Waals surface area contributed by atoms with Gasteiger partial charge in [0.2, 0.25) is 11.5 Å². The molecule has 2 aromatic carbocycles. The van der Waals surface area contributed by atoms with Crippen LogP contribution in [0.25, 0.3) is 11.1 Å². The first kappa shape index (κ1) is 21.7. The highest BCUT2D eigenvalue weighted by atomic mass is 16.5. The van der Waals surface area contributed by atoms with E-state index in [1.807, 2.05) is 12.1 Å². The van der Waals surface area contributed by atoms with Gasteiger partial charge in [-0.1, -0.05) is 19.1 Å². The lowest BCUT2D eigenvalue weighted by Crippen LogP contribution is -2.13. The zero-order chi connectivity index (χ0) is 22.0. The molecule has 0 aliphatic heterocycles. The van der Waals surface area contributed by atoms with Crippen molar-refractivity contribution in [3.63, 3.8) is 0 Å². The maximum atomic E-state index is 5.87. The van der Waals surface area contributed by atoms with Crippen LogP contribution in [-0.2, 0) is 12.8 Å². The Morgan fingerprint density at radius 2 is 1.10 bits per heavy atom. The number of hydrogen-bond acceptors (Lipinski definition) is 6. The molecule has 6 nitrogen and oxygen atoms in total. The summed E-state index contributed by atoms with van der Waals surface area (Å²) in [5, 5.41) is 0. The van der Waals surface area contributed by atoms with Crippen molar-refractivity contribution < 1.29 is 28.4 Å². The van der Waals surface area contributed by atoms with Gasteiger partial charge in [-0.15, -0.1) is 0 Å². The molecule has 0 N–H and O–H groups in total. The standard InChI is InChI=1S/C24H30O6/c1-13-9-15-11-17(25-3)21(27-5)23(29-7)19(15)20-16(10-14(13)2)12-18(26-4)22(28-6)24(20)30-8/h11-12,14H,1,9-10H2,2-8H3. The van der Waals surface area contributed by atoms with Crippen LogP contribution in [0.15, 0.2) is 24.3 Å². The van der Waals surface area contributed by atoms with E-state index >= 15 is 0 Å². The summed E-state index contributed by atoms with van der Waals surface area (Å²) in [5.74, 6) is 3.73. The van der Waals surface area contributed by atoms with E-state index in [4.69, 9.17) is 28.4 Å². The number of hydrogen-bond donors (Lipinski definition) is 0. The van der Waals surface area contributed by atoms with Crippen LogP contribution < -0.4 is 28.4 Å². The Morgan fingerprint density at radius 1 is 0.667 bits per heavy atom. The Balaban J connectivity index is 2.53. The van der Waals surface area contributed by atoms with Gasteiger partial charge in [0.25, 0.3) is 0 Å². The minimum atomic E-state index is 0.263. The van der Waals surface area contributed by atoms with E-state index in [0.717, 1.165) is 34.2 Å². The van der Waals surface area contributed by atoms with Gasteiger partial charge in [0.1, 0.15) is 0 Å². The molecule has 2 aromatic rings. The van der Waals surface area contributed by atoms with E-state index in [0.29, 0.717) is 40.9 Å². The summed E-state index contributed by atoms with van der Waals surface area (Å²) in [5.41, 5.74) is 5.00. The van der Waals surface area contributed by atoms with Crippen molar-refractivity contribution in [2.75, 3.05) is 42.7 Å². The van der Waals surface area contributed by atoms with E-state index in [1.165, 1.54) is 0 Å². The van der Waals surface area contributed by atoms with Crippen molar-refractivity contribution in [2.45, 2.75) is 19.8 Å². The molecule has 0 bridgehead atoms. The molecule has 6 heteroatoms. The summed E-state index contributed by atoms with van der Waals surface area (Å²) in [4.78, 5) is 0. The zero-order valence-corrected chi connectivity index (χ0v) is 18.8. The molecule has 162 valence electrons. The predicted octanol–water partition coefficient (Wildman–Crippen LogP) is 4.70. The largest absolute Gasteiger partial charge is 0.493 e. The van der Waals surface area contributed by atoms with Crippen molar-refractivity contribution in [3.05, 3.63) is 35.4 Å². The fourth-order valence-corrected chi connectivity index (χ4v) is 4.16. The van der Waals surface area contributed by atoms with Gasteiger partial charge in [0, 0.05) is 11.1 Å². The predicted molar refractivity (Wildman–Crippen MR) is 117 cm³/mol. The van der Waals surface area contributed by atoms with Crippen LogP contribution in [0.5, 0.6) is 34.5 Å². The van der Waals surface area contributed by atoms with E-state index < -0.39 is 0 Å². The van der Waals surface area contributed by atoms with Crippen molar-refractivity contribution in [1.82, 2.24) is 0 Å². The molecule has 0 fully saturated rings. The highest BCUT2D eigenvalue weighted by molar-refractivity contribution is 5.88. The van der Waals surface area contributed by atoms with Crippen molar-refractivity contribution in [2.24, 2.45) is 5.92 Å². The lowest BCUT2D eigenvalue weighted by atomic mass is 9.80. The molecular formula is C24H30O6. The summed E-state index contributed by atoms with van der Waals surface area (Å²) >= 11 is 0. The quantitative estimate of drug-likeness (QED) is 0.639. The average Bonchev–Trinajstić information content (AvgIpc) is 2.76. The van der Waals surface area contributed by atoms with Crippen LogP contribution in [0.3, 0.4) is 0 Å². The summed E-state index contributed by atoms with van der Waals surface area (Å²) in [6.07, 6.45) is 1.46. The second kappa shape index (κ2) is 8.78. The van der Waals surface area contributed by atoms with Crippen LogP contribution in [0.1, 0.15) is 18.1 Å². The van der Waals surface area contributed by atoms with Gasteiger partial charge in [-0.2, -0.15) is 0 Å². The summed E-state index contributed by atoms with van der Waals surface area (Å²) in [6.45, 7) is 6.52. The molecule has 30 heavy (non-hydrogen) atoms. The van der Waals surface area contributed by atoms with Gasteiger partial charge in [-0.3, -0.25) is 0 Å². The van der Waals surface area contributed by atoms with Crippen LogP contribution in [-0.4, -0.2) is 42.7 Å². The molecule has 0 aromatic heterocycles. The lowest BCUT2D eigenvalue weighted by molar-refractivity contribution is 0.321. The van der Waals surface area contributed by atoms with Gasteiger partial charge in [-0.25, -0.2) is 0 Å². The maximum Gasteiger partial charge on any atom is 0.203 e. The zero-order valence-electron chi connectivity index (χ0n) is 18.8. The third kappa shape index (κ3) is 3.40. The minimum absolute atomic E-state index is 0.263. The molecule has 1 atom stereocenters. The fourth-order valence-electron chi connectivity index (χ4n) is 4.16. The first-order valence-electron chi connectivity index (χ1n) is 9.77. The molecule has 0 heterocycles. The Labute approximate surface area is 178 Å². The Hall–Kier alpha value is -3.02. The Kier molecular flexibility index (Phi) is 6.34. The average molecular weight is 414 g/mol. The van der Waals surface area contributed by atoms with Crippen LogP contribution in [0.2, 0.25) is 0 Å². The first-order valence-corrected chi connectivity index (χ1v) is 9.77. The topological polar surface area (TPSA) is 55.4 Å². The fraction of sp³-hybridized carbons (Fsp3) is 0.417. The minimum Gasteiger partial charge on any atom is -0.493 e. The SMILES string of the molecule is C=C1Cc2cc(OC)c(OC)c(OC)c2-c2c(cc(OC)c(OC)c2OC)CC1C. The third-order valence-corrected chi connectivity index (χ3v) is 5.71. The molecule has 0 amide bonds. The molecule has 1 aliphatic rings. The number of ether oxygens (including phenoxy) is 6. The monoisotopic (exact) mass is 414 g/mol. The maximum absolute atomic E-state index is 5.87. The van der Waals surface area contributed by atoms with Crippen LogP contribution >= 0.6 is 0 Å². The summed E-state index contributed by atoms with van der Waals surface area (Å²) < 4.78 is 34.3. The van der Waals surface area contributed by atoms with E-state index in [9.17, 15) is 0 Å². The summed E-state index contributed by atoms with van der Waals surface area (Å²) in [6, 6.07) is 3.99. The molecule has 0 saturated carbocycles. The van der Waals surface area contributed by atoms with Crippen molar-refractivity contribution in [3.8, 4) is 45.6 Å². The highest BCUT2D eigenvalue weighted by Gasteiger charge is 2.32. The number of allylic oxidation sites excluding steroid dienone is 1. The normalized spacial score (nSPS) is 15.3. The molecular weight excluding hydrogens is 384 g/mol.